The molecule has 0 spiro atoms. The molecule has 1 aromatic rings. The summed E-state index contributed by atoms with van der Waals surface area (Å²) in [5.74, 6) is -1.31. The number of carbonyl (C=O) groups is 3. The number of esters is 2. The van der Waals surface area contributed by atoms with Crippen LogP contribution >= 0.6 is 0 Å². The Labute approximate surface area is 169 Å². The Morgan fingerprint density at radius 3 is 2.28 bits per heavy atom. The van der Waals surface area contributed by atoms with Gasteiger partial charge in [-0.2, -0.15) is 0 Å². The van der Waals surface area contributed by atoms with Gasteiger partial charge in [0.05, 0.1) is 19.8 Å². The Morgan fingerprint density at radius 1 is 0.966 bits per heavy atom. The van der Waals surface area contributed by atoms with Gasteiger partial charge in [0.25, 0.3) is 5.91 Å². The second-order valence-electron chi connectivity index (χ2n) is 6.82. The smallest absolute Gasteiger partial charge is 0.355 e. The van der Waals surface area contributed by atoms with E-state index in [0.717, 1.165) is 31.5 Å². The number of hydrogen-bond acceptors (Lipinski definition) is 6. The number of amides is 1. The second kappa shape index (κ2) is 8.77. The molecule has 1 saturated heterocycles. The maximum atomic E-state index is 12.7. The van der Waals surface area contributed by atoms with Crippen molar-refractivity contribution in [3.8, 4) is 0 Å². The maximum Gasteiger partial charge on any atom is 0.355 e. The monoisotopic (exact) mass is 396 g/mol. The van der Waals surface area contributed by atoms with E-state index in [2.05, 4.69) is 0 Å². The summed E-state index contributed by atoms with van der Waals surface area (Å²) >= 11 is 0. The highest BCUT2D eigenvalue weighted by molar-refractivity contribution is 6.05. The van der Waals surface area contributed by atoms with Gasteiger partial charge in [0.15, 0.2) is 0 Å². The van der Waals surface area contributed by atoms with Crippen LogP contribution in [0.25, 0.3) is 0 Å². The number of hydrogen-bond donors (Lipinski definition) is 0. The quantitative estimate of drug-likeness (QED) is 0.729. The molecular formula is C22H24N2O5. The van der Waals surface area contributed by atoms with Crippen LogP contribution in [0.15, 0.2) is 53.9 Å². The predicted octanol–water partition coefficient (Wildman–Crippen LogP) is 2.72. The topological polar surface area (TPSA) is 76.2 Å². The molecule has 7 heteroatoms. The standard InChI is InChI=1S/C22H24N2O5/c1-15-14-16(20(25)23-11-6-7-12-23)9-10-18(15)24-13-5-4-8-17(21(26)28-2)19(24)22(27)29-3/h4-5,8-10,13-14H,6-7,11-12H2,1-3H3. The molecule has 0 bridgehead atoms. The van der Waals surface area contributed by atoms with E-state index in [4.69, 9.17) is 9.47 Å². The van der Waals surface area contributed by atoms with E-state index >= 15 is 0 Å². The van der Waals surface area contributed by atoms with E-state index in [1.807, 2.05) is 11.8 Å². The number of rotatable bonds is 4. The Hall–Kier alpha value is -3.35. The lowest BCUT2D eigenvalue weighted by Gasteiger charge is -2.25. The lowest BCUT2D eigenvalue weighted by Crippen LogP contribution is -2.29. The molecule has 2 aliphatic rings. The molecule has 3 rings (SSSR count). The number of likely N-dealkylation sites (tertiary alicyclic amines) is 1. The van der Waals surface area contributed by atoms with Crippen molar-refractivity contribution in [2.24, 2.45) is 0 Å². The van der Waals surface area contributed by atoms with Gasteiger partial charge < -0.3 is 19.3 Å². The van der Waals surface area contributed by atoms with Crippen molar-refractivity contribution in [1.82, 2.24) is 4.90 Å². The van der Waals surface area contributed by atoms with Crippen LogP contribution in [0.4, 0.5) is 5.69 Å². The summed E-state index contributed by atoms with van der Waals surface area (Å²) in [6.45, 7) is 3.41. The van der Waals surface area contributed by atoms with Crippen molar-refractivity contribution in [1.29, 1.82) is 0 Å². The molecule has 0 aromatic heterocycles. The highest BCUT2D eigenvalue weighted by Crippen LogP contribution is 2.30. The average Bonchev–Trinajstić information content (AvgIpc) is 3.18. The number of benzene rings is 1. The van der Waals surface area contributed by atoms with Crippen LogP contribution in [0, 0.1) is 6.92 Å². The third-order valence-electron chi connectivity index (χ3n) is 4.99. The number of methoxy groups -OCH3 is 2. The first-order valence-corrected chi connectivity index (χ1v) is 9.43. The first-order chi connectivity index (χ1) is 14.0. The van der Waals surface area contributed by atoms with Crippen molar-refractivity contribution in [3.05, 3.63) is 65.0 Å². The minimum absolute atomic E-state index is 0.00390. The zero-order chi connectivity index (χ0) is 21.0. The van der Waals surface area contributed by atoms with Gasteiger partial charge >= 0.3 is 11.9 Å². The highest BCUT2D eigenvalue weighted by atomic mass is 16.5. The second-order valence-corrected chi connectivity index (χ2v) is 6.82. The van der Waals surface area contributed by atoms with Crippen LogP contribution in [0.3, 0.4) is 0 Å². The molecular weight excluding hydrogens is 372 g/mol. The molecule has 0 radical (unpaired) electrons. The SMILES string of the molecule is COC(=O)C1=C(C(=O)OC)N(c2ccc(C(=O)N3CCCC3)cc2C)C=CC=C1. The van der Waals surface area contributed by atoms with Gasteiger partial charge in [-0.1, -0.05) is 6.08 Å². The van der Waals surface area contributed by atoms with E-state index in [9.17, 15) is 14.4 Å². The number of nitrogens with zero attached hydrogens (tertiary/aromatic N) is 2. The van der Waals surface area contributed by atoms with E-state index in [-0.39, 0.29) is 17.2 Å². The predicted molar refractivity (Wildman–Crippen MR) is 108 cm³/mol. The Balaban J connectivity index is 2.04. The molecule has 152 valence electrons. The molecule has 2 heterocycles. The maximum absolute atomic E-state index is 12.7. The van der Waals surface area contributed by atoms with E-state index in [1.165, 1.54) is 20.3 Å². The van der Waals surface area contributed by atoms with Crippen LogP contribution in [0.1, 0.15) is 28.8 Å². The summed E-state index contributed by atoms with van der Waals surface area (Å²) in [5.41, 5.74) is 2.17. The van der Waals surface area contributed by atoms with Crippen molar-refractivity contribution in [2.45, 2.75) is 19.8 Å². The van der Waals surface area contributed by atoms with Gasteiger partial charge in [-0.05, 0) is 55.7 Å². The van der Waals surface area contributed by atoms with Gasteiger partial charge in [-0.15, -0.1) is 0 Å². The summed E-state index contributed by atoms with van der Waals surface area (Å²) in [5, 5.41) is 0. The molecule has 1 fully saturated rings. The number of allylic oxidation sites excluding steroid dienone is 2. The fraction of sp³-hybridized carbons (Fsp3) is 0.318. The third kappa shape index (κ3) is 4.08. The van der Waals surface area contributed by atoms with Gasteiger partial charge in [-0.3, -0.25) is 4.79 Å². The van der Waals surface area contributed by atoms with Crippen molar-refractivity contribution in [3.63, 3.8) is 0 Å². The number of aryl methyl sites for hydroxylation is 1. The number of anilines is 1. The van der Waals surface area contributed by atoms with Crippen molar-refractivity contribution < 1.29 is 23.9 Å². The molecule has 0 saturated carbocycles. The highest BCUT2D eigenvalue weighted by Gasteiger charge is 2.28. The summed E-state index contributed by atoms with van der Waals surface area (Å²) in [4.78, 5) is 40.9. The zero-order valence-corrected chi connectivity index (χ0v) is 16.8. The normalized spacial score (nSPS) is 16.1. The van der Waals surface area contributed by atoms with Crippen molar-refractivity contribution in [2.75, 3.05) is 32.2 Å². The van der Waals surface area contributed by atoms with Crippen LogP contribution in [-0.4, -0.2) is 50.1 Å². The summed E-state index contributed by atoms with van der Waals surface area (Å²) in [6, 6.07) is 5.31. The molecule has 0 atom stereocenters. The minimum Gasteiger partial charge on any atom is -0.465 e. The molecule has 29 heavy (non-hydrogen) atoms. The fourth-order valence-electron chi connectivity index (χ4n) is 3.51. The summed E-state index contributed by atoms with van der Waals surface area (Å²) in [7, 11) is 2.51. The molecule has 0 aliphatic carbocycles. The molecule has 7 nitrogen and oxygen atoms in total. The lowest BCUT2D eigenvalue weighted by molar-refractivity contribution is -0.139. The van der Waals surface area contributed by atoms with Gasteiger partial charge in [0.2, 0.25) is 0 Å². The lowest BCUT2D eigenvalue weighted by atomic mass is 10.1. The van der Waals surface area contributed by atoms with Gasteiger partial charge in [-0.25, -0.2) is 9.59 Å². The van der Waals surface area contributed by atoms with E-state index in [0.29, 0.717) is 11.3 Å². The zero-order valence-electron chi connectivity index (χ0n) is 16.8. The van der Waals surface area contributed by atoms with Crippen molar-refractivity contribution >= 4 is 23.5 Å². The molecule has 0 unspecified atom stereocenters. The van der Waals surface area contributed by atoms with E-state index in [1.54, 1.807) is 41.5 Å². The summed E-state index contributed by atoms with van der Waals surface area (Å²) in [6.07, 6.45) is 8.59. The Morgan fingerprint density at radius 2 is 1.66 bits per heavy atom. The molecule has 2 aliphatic heterocycles. The summed E-state index contributed by atoms with van der Waals surface area (Å²) < 4.78 is 9.75. The van der Waals surface area contributed by atoms with Crippen LogP contribution in [0.2, 0.25) is 0 Å². The minimum atomic E-state index is -0.668. The fourth-order valence-corrected chi connectivity index (χ4v) is 3.51. The third-order valence-corrected chi connectivity index (χ3v) is 4.99. The van der Waals surface area contributed by atoms with E-state index < -0.39 is 11.9 Å². The number of ether oxygens (including phenoxy) is 2. The molecule has 1 amide bonds. The molecule has 1 aromatic carbocycles. The largest absolute Gasteiger partial charge is 0.465 e. The van der Waals surface area contributed by atoms with Gasteiger partial charge in [0.1, 0.15) is 5.70 Å². The average molecular weight is 396 g/mol. The van der Waals surface area contributed by atoms with Crippen LogP contribution in [-0.2, 0) is 19.1 Å². The Bertz CT molecular complexity index is 923. The van der Waals surface area contributed by atoms with Crippen LogP contribution in [0.5, 0.6) is 0 Å². The van der Waals surface area contributed by atoms with Gasteiger partial charge in [0, 0.05) is 30.5 Å². The molecule has 0 N–H and O–H groups in total. The van der Waals surface area contributed by atoms with Crippen LogP contribution < -0.4 is 4.90 Å². The first kappa shape index (κ1) is 20.4. The number of carbonyl (C=O) groups excluding carboxylic acids is 3. The first-order valence-electron chi connectivity index (χ1n) is 9.43. The Kier molecular flexibility index (Phi) is 6.16.